The van der Waals surface area contributed by atoms with E-state index >= 15 is 0 Å². The standard InChI is InChI=1S/C16H25N/c1-5-7-13-15(17-6-2)16(3,4)14-11-9-8-10-12-14/h5,8-12,15,17H,1,6-7,13H2,2-4H3. The van der Waals surface area contributed by atoms with Crippen LogP contribution in [0.3, 0.4) is 0 Å². The first kappa shape index (κ1) is 14.0. The van der Waals surface area contributed by atoms with Crippen molar-refractivity contribution in [2.75, 3.05) is 6.54 Å². The second-order valence-corrected chi connectivity index (χ2v) is 5.06. The first-order valence-corrected chi connectivity index (χ1v) is 6.52. The van der Waals surface area contributed by atoms with Crippen LogP contribution in [-0.2, 0) is 5.41 Å². The molecule has 1 heteroatoms. The summed E-state index contributed by atoms with van der Waals surface area (Å²) in [4.78, 5) is 0. The van der Waals surface area contributed by atoms with Crippen LogP contribution in [-0.4, -0.2) is 12.6 Å². The van der Waals surface area contributed by atoms with Crippen LogP contribution in [0.15, 0.2) is 43.0 Å². The summed E-state index contributed by atoms with van der Waals surface area (Å²) in [5.41, 5.74) is 1.55. The topological polar surface area (TPSA) is 12.0 Å². The van der Waals surface area contributed by atoms with Gasteiger partial charge < -0.3 is 5.32 Å². The Morgan fingerprint density at radius 2 is 1.94 bits per heavy atom. The maximum atomic E-state index is 3.82. The monoisotopic (exact) mass is 231 g/mol. The smallest absolute Gasteiger partial charge is 0.0161 e. The van der Waals surface area contributed by atoms with E-state index in [4.69, 9.17) is 0 Å². The molecule has 0 saturated carbocycles. The second-order valence-electron chi connectivity index (χ2n) is 5.06. The zero-order chi connectivity index (χ0) is 12.7. The summed E-state index contributed by atoms with van der Waals surface area (Å²) in [6, 6.07) is 11.2. The van der Waals surface area contributed by atoms with Gasteiger partial charge in [0.05, 0.1) is 0 Å². The largest absolute Gasteiger partial charge is 0.313 e. The minimum atomic E-state index is 0.153. The average molecular weight is 231 g/mol. The summed E-state index contributed by atoms with van der Waals surface area (Å²) >= 11 is 0. The van der Waals surface area contributed by atoms with Gasteiger partial charge in [0.2, 0.25) is 0 Å². The number of nitrogens with one attached hydrogen (secondary N) is 1. The fourth-order valence-corrected chi connectivity index (χ4v) is 2.32. The molecule has 0 amide bonds. The quantitative estimate of drug-likeness (QED) is 0.702. The van der Waals surface area contributed by atoms with Crippen molar-refractivity contribution >= 4 is 0 Å². The van der Waals surface area contributed by atoms with Crippen LogP contribution in [0.4, 0.5) is 0 Å². The maximum Gasteiger partial charge on any atom is 0.0161 e. The Morgan fingerprint density at radius 3 is 2.47 bits per heavy atom. The third-order valence-electron chi connectivity index (χ3n) is 3.50. The van der Waals surface area contributed by atoms with Crippen molar-refractivity contribution in [3.63, 3.8) is 0 Å². The minimum absolute atomic E-state index is 0.153. The van der Waals surface area contributed by atoms with E-state index in [1.54, 1.807) is 0 Å². The SMILES string of the molecule is C=CCCC(NCC)C(C)(C)c1ccccc1. The van der Waals surface area contributed by atoms with Crippen molar-refractivity contribution in [1.29, 1.82) is 0 Å². The van der Waals surface area contributed by atoms with Gasteiger partial charge in [0, 0.05) is 11.5 Å². The van der Waals surface area contributed by atoms with Crippen LogP contribution in [0.5, 0.6) is 0 Å². The molecule has 17 heavy (non-hydrogen) atoms. The van der Waals surface area contributed by atoms with Crippen LogP contribution in [0.25, 0.3) is 0 Å². The normalized spacial score (nSPS) is 13.4. The lowest BCUT2D eigenvalue weighted by Crippen LogP contribution is -2.44. The molecule has 1 rings (SSSR count). The Bertz CT molecular complexity index is 327. The molecule has 1 N–H and O–H groups in total. The van der Waals surface area contributed by atoms with E-state index < -0.39 is 0 Å². The van der Waals surface area contributed by atoms with Gasteiger partial charge in [0.15, 0.2) is 0 Å². The van der Waals surface area contributed by atoms with Crippen LogP contribution in [0.1, 0.15) is 39.2 Å². The maximum absolute atomic E-state index is 3.82. The van der Waals surface area contributed by atoms with Crippen molar-refractivity contribution in [1.82, 2.24) is 5.32 Å². The number of hydrogen-bond donors (Lipinski definition) is 1. The van der Waals surface area contributed by atoms with Gasteiger partial charge in [-0.3, -0.25) is 0 Å². The van der Waals surface area contributed by atoms with Crippen LogP contribution < -0.4 is 5.32 Å². The number of likely N-dealkylation sites (N-methyl/N-ethyl adjacent to an activating group) is 1. The lowest BCUT2D eigenvalue weighted by atomic mass is 9.76. The Morgan fingerprint density at radius 1 is 1.29 bits per heavy atom. The first-order valence-electron chi connectivity index (χ1n) is 6.52. The molecule has 1 nitrogen and oxygen atoms in total. The average Bonchev–Trinajstić information content (AvgIpc) is 2.35. The highest BCUT2D eigenvalue weighted by atomic mass is 14.9. The summed E-state index contributed by atoms with van der Waals surface area (Å²) in [5, 5.41) is 3.61. The van der Waals surface area contributed by atoms with Crippen molar-refractivity contribution in [3.8, 4) is 0 Å². The molecule has 0 aliphatic rings. The lowest BCUT2D eigenvalue weighted by Gasteiger charge is -2.35. The van der Waals surface area contributed by atoms with E-state index in [9.17, 15) is 0 Å². The van der Waals surface area contributed by atoms with Gasteiger partial charge in [0.1, 0.15) is 0 Å². The van der Waals surface area contributed by atoms with Crippen LogP contribution >= 0.6 is 0 Å². The van der Waals surface area contributed by atoms with Crippen LogP contribution in [0, 0.1) is 0 Å². The van der Waals surface area contributed by atoms with E-state index in [0.717, 1.165) is 19.4 Å². The molecule has 0 spiro atoms. The molecule has 1 aromatic carbocycles. The third kappa shape index (κ3) is 3.71. The fourth-order valence-electron chi connectivity index (χ4n) is 2.32. The summed E-state index contributed by atoms with van der Waals surface area (Å²) in [6.07, 6.45) is 4.21. The van der Waals surface area contributed by atoms with Crippen molar-refractivity contribution in [2.24, 2.45) is 0 Å². The molecular formula is C16H25N. The van der Waals surface area contributed by atoms with Gasteiger partial charge in [0.25, 0.3) is 0 Å². The molecule has 94 valence electrons. The predicted molar refractivity (Wildman–Crippen MR) is 76.4 cm³/mol. The first-order chi connectivity index (χ1) is 8.12. The van der Waals surface area contributed by atoms with Gasteiger partial charge in [-0.15, -0.1) is 6.58 Å². The molecular weight excluding hydrogens is 206 g/mol. The fraction of sp³-hybridized carbons (Fsp3) is 0.500. The van der Waals surface area contributed by atoms with Crippen molar-refractivity contribution < 1.29 is 0 Å². The third-order valence-corrected chi connectivity index (χ3v) is 3.50. The number of benzene rings is 1. The van der Waals surface area contributed by atoms with Gasteiger partial charge in [-0.2, -0.15) is 0 Å². The number of rotatable bonds is 7. The predicted octanol–water partition coefficient (Wildman–Crippen LogP) is 3.91. The summed E-state index contributed by atoms with van der Waals surface area (Å²) in [7, 11) is 0. The Balaban J connectivity index is 2.86. The van der Waals surface area contributed by atoms with Crippen LogP contribution in [0.2, 0.25) is 0 Å². The van der Waals surface area contributed by atoms with Gasteiger partial charge in [-0.25, -0.2) is 0 Å². The van der Waals surface area contributed by atoms with Gasteiger partial charge >= 0.3 is 0 Å². The van der Waals surface area contributed by atoms with E-state index in [0.29, 0.717) is 6.04 Å². The highest BCUT2D eigenvalue weighted by Gasteiger charge is 2.29. The lowest BCUT2D eigenvalue weighted by molar-refractivity contribution is 0.329. The Hall–Kier alpha value is -1.08. The van der Waals surface area contributed by atoms with Crippen molar-refractivity contribution in [2.45, 2.75) is 45.1 Å². The molecule has 0 fully saturated rings. The van der Waals surface area contributed by atoms with Gasteiger partial charge in [-0.1, -0.05) is 57.2 Å². The zero-order valence-electron chi connectivity index (χ0n) is 11.4. The molecule has 1 atom stereocenters. The minimum Gasteiger partial charge on any atom is -0.313 e. The van der Waals surface area contributed by atoms with Gasteiger partial charge in [-0.05, 0) is 24.9 Å². The van der Waals surface area contributed by atoms with E-state index in [1.807, 2.05) is 6.08 Å². The summed E-state index contributed by atoms with van der Waals surface area (Å²) in [5.74, 6) is 0. The summed E-state index contributed by atoms with van der Waals surface area (Å²) in [6.45, 7) is 11.6. The Labute approximate surface area is 106 Å². The molecule has 0 heterocycles. The molecule has 1 unspecified atom stereocenters. The van der Waals surface area contributed by atoms with E-state index in [2.05, 4.69) is 63.0 Å². The zero-order valence-corrected chi connectivity index (χ0v) is 11.4. The molecule has 0 bridgehead atoms. The molecule has 1 aromatic rings. The highest BCUT2D eigenvalue weighted by molar-refractivity contribution is 5.25. The molecule has 0 radical (unpaired) electrons. The van der Waals surface area contributed by atoms with E-state index in [-0.39, 0.29) is 5.41 Å². The number of allylic oxidation sites excluding steroid dienone is 1. The van der Waals surface area contributed by atoms with Crippen molar-refractivity contribution in [3.05, 3.63) is 48.6 Å². The summed E-state index contributed by atoms with van der Waals surface area (Å²) < 4.78 is 0. The molecule has 0 saturated heterocycles. The molecule has 0 aliphatic carbocycles. The Kier molecular flexibility index (Phi) is 5.43. The number of hydrogen-bond acceptors (Lipinski definition) is 1. The molecule has 0 aromatic heterocycles. The van der Waals surface area contributed by atoms with E-state index in [1.165, 1.54) is 5.56 Å². The molecule has 0 aliphatic heterocycles. The highest BCUT2D eigenvalue weighted by Crippen LogP contribution is 2.29. The second kappa shape index (κ2) is 6.61.